The van der Waals surface area contributed by atoms with Crippen molar-refractivity contribution in [2.24, 2.45) is 7.05 Å². The van der Waals surface area contributed by atoms with Crippen LogP contribution in [0.5, 0.6) is 5.75 Å². The minimum absolute atomic E-state index is 0.0601. The number of para-hydroxylation sites is 1. The number of hydrogen-bond donors (Lipinski definition) is 1. The van der Waals surface area contributed by atoms with Crippen LogP contribution in [-0.4, -0.2) is 15.8 Å². The first-order valence-electron chi connectivity index (χ1n) is 6.60. The number of aromatic nitrogens is 1. The highest BCUT2D eigenvalue weighted by atomic mass is 16.5. The number of nitrogens with zero attached hydrogens (tertiary/aromatic N) is 1. The maximum absolute atomic E-state index is 12.1. The Balaban J connectivity index is 2.58. The Morgan fingerprint density at radius 3 is 2.55 bits per heavy atom. The molecule has 0 aliphatic carbocycles. The van der Waals surface area contributed by atoms with E-state index in [1.165, 1.54) is 4.57 Å². The number of pyridine rings is 1. The molecule has 4 nitrogen and oxygen atoms in total. The van der Waals surface area contributed by atoms with Gasteiger partial charge < -0.3 is 14.4 Å². The van der Waals surface area contributed by atoms with E-state index in [0.717, 1.165) is 17.0 Å². The van der Waals surface area contributed by atoms with Crippen LogP contribution in [0.25, 0.3) is 11.3 Å². The van der Waals surface area contributed by atoms with Gasteiger partial charge in [-0.05, 0) is 38.1 Å². The minimum Gasteiger partial charge on any atom is -0.490 e. The lowest BCUT2D eigenvalue weighted by atomic mass is 10.1. The van der Waals surface area contributed by atoms with Crippen molar-refractivity contribution in [1.82, 2.24) is 4.57 Å². The summed E-state index contributed by atoms with van der Waals surface area (Å²) in [6, 6.07) is 11.1. The lowest BCUT2D eigenvalue weighted by Crippen LogP contribution is -2.22. The smallest absolute Gasteiger partial charge is 0.256 e. The fraction of sp³-hybridized carbons (Fsp3) is 0.312. The van der Waals surface area contributed by atoms with E-state index in [-0.39, 0.29) is 18.3 Å². The average molecular weight is 273 g/mol. The highest BCUT2D eigenvalue weighted by Crippen LogP contribution is 2.29. The fourth-order valence-corrected chi connectivity index (χ4v) is 2.11. The lowest BCUT2D eigenvalue weighted by molar-refractivity contribution is 0.243. The highest BCUT2D eigenvalue weighted by Gasteiger charge is 2.12. The highest BCUT2D eigenvalue weighted by molar-refractivity contribution is 5.67. The maximum Gasteiger partial charge on any atom is 0.256 e. The van der Waals surface area contributed by atoms with Crippen LogP contribution in [0.4, 0.5) is 0 Å². The first-order chi connectivity index (χ1) is 9.54. The number of aliphatic hydroxyl groups excluding tert-OH is 1. The Bertz CT molecular complexity index is 659. The summed E-state index contributed by atoms with van der Waals surface area (Å²) in [5.41, 5.74) is 1.83. The van der Waals surface area contributed by atoms with Crippen LogP contribution in [0.2, 0.25) is 0 Å². The molecule has 1 aromatic carbocycles. The van der Waals surface area contributed by atoms with E-state index in [1.54, 1.807) is 13.1 Å². The first-order valence-corrected chi connectivity index (χ1v) is 6.60. The van der Waals surface area contributed by atoms with Crippen LogP contribution in [0.15, 0.2) is 41.2 Å². The third-order valence-electron chi connectivity index (χ3n) is 3.08. The minimum atomic E-state index is -0.253. The molecule has 106 valence electrons. The summed E-state index contributed by atoms with van der Waals surface area (Å²) < 4.78 is 7.32. The van der Waals surface area contributed by atoms with Crippen LogP contribution in [0.1, 0.15) is 19.4 Å². The van der Waals surface area contributed by atoms with E-state index in [0.29, 0.717) is 5.56 Å². The largest absolute Gasteiger partial charge is 0.490 e. The molecule has 0 atom stereocenters. The molecule has 0 spiro atoms. The molecule has 2 rings (SSSR count). The van der Waals surface area contributed by atoms with Crippen molar-refractivity contribution in [3.63, 3.8) is 0 Å². The Hall–Kier alpha value is -2.07. The molecule has 1 aromatic heterocycles. The molecule has 0 fully saturated rings. The van der Waals surface area contributed by atoms with Crippen molar-refractivity contribution in [1.29, 1.82) is 0 Å². The van der Waals surface area contributed by atoms with Crippen molar-refractivity contribution in [3.8, 4) is 17.0 Å². The molecule has 0 saturated carbocycles. The maximum atomic E-state index is 12.1. The van der Waals surface area contributed by atoms with E-state index in [2.05, 4.69) is 0 Å². The van der Waals surface area contributed by atoms with Gasteiger partial charge in [-0.3, -0.25) is 4.79 Å². The quantitative estimate of drug-likeness (QED) is 0.930. The molecule has 20 heavy (non-hydrogen) atoms. The second kappa shape index (κ2) is 5.92. The number of aliphatic hydroxyl groups is 1. The molecule has 0 radical (unpaired) electrons. The van der Waals surface area contributed by atoms with Crippen LogP contribution in [0, 0.1) is 0 Å². The van der Waals surface area contributed by atoms with Crippen molar-refractivity contribution < 1.29 is 9.84 Å². The SMILES string of the molecule is CC(C)Oc1ccccc1-c1ccc(CO)c(=O)n1C. The number of ether oxygens (including phenoxy) is 1. The summed E-state index contributed by atoms with van der Waals surface area (Å²) in [6.07, 6.45) is 0.0601. The van der Waals surface area contributed by atoms with Gasteiger partial charge in [-0.1, -0.05) is 12.1 Å². The third-order valence-corrected chi connectivity index (χ3v) is 3.08. The van der Waals surface area contributed by atoms with E-state index < -0.39 is 0 Å². The summed E-state index contributed by atoms with van der Waals surface area (Å²) in [7, 11) is 1.70. The Kier molecular flexibility index (Phi) is 4.25. The molecule has 0 amide bonds. The molecule has 1 N–H and O–H groups in total. The summed E-state index contributed by atoms with van der Waals surface area (Å²) >= 11 is 0. The zero-order valence-electron chi connectivity index (χ0n) is 12.0. The molecular weight excluding hydrogens is 254 g/mol. The lowest BCUT2D eigenvalue weighted by Gasteiger charge is -2.16. The van der Waals surface area contributed by atoms with Crippen molar-refractivity contribution in [2.75, 3.05) is 0 Å². The monoisotopic (exact) mass is 273 g/mol. The van der Waals surface area contributed by atoms with Gasteiger partial charge in [0.25, 0.3) is 5.56 Å². The third kappa shape index (κ3) is 2.75. The van der Waals surface area contributed by atoms with Crippen LogP contribution in [0.3, 0.4) is 0 Å². The van der Waals surface area contributed by atoms with Crippen molar-refractivity contribution in [3.05, 3.63) is 52.3 Å². The summed E-state index contributed by atoms with van der Waals surface area (Å²) in [5, 5.41) is 9.14. The van der Waals surface area contributed by atoms with Gasteiger partial charge in [-0.2, -0.15) is 0 Å². The molecule has 2 aromatic rings. The fourth-order valence-electron chi connectivity index (χ4n) is 2.11. The second-order valence-electron chi connectivity index (χ2n) is 4.93. The van der Waals surface area contributed by atoms with E-state index in [4.69, 9.17) is 9.84 Å². The predicted molar refractivity (Wildman–Crippen MR) is 78.8 cm³/mol. The summed E-state index contributed by atoms with van der Waals surface area (Å²) in [6.45, 7) is 3.67. The molecular formula is C16H19NO3. The predicted octanol–water partition coefficient (Wildman–Crippen LogP) is 2.33. The molecule has 0 aliphatic heterocycles. The standard InChI is InChI=1S/C16H19NO3/c1-11(2)20-15-7-5-4-6-13(15)14-9-8-12(10-18)16(19)17(14)3/h4-9,11,18H,10H2,1-3H3. The van der Waals surface area contributed by atoms with Gasteiger partial charge in [0.1, 0.15) is 5.75 Å². The molecule has 1 heterocycles. The number of rotatable bonds is 4. The van der Waals surface area contributed by atoms with Gasteiger partial charge >= 0.3 is 0 Å². The van der Waals surface area contributed by atoms with Crippen LogP contribution >= 0.6 is 0 Å². The van der Waals surface area contributed by atoms with Gasteiger partial charge in [0.15, 0.2) is 0 Å². The van der Waals surface area contributed by atoms with E-state index in [9.17, 15) is 4.79 Å². The number of benzene rings is 1. The topological polar surface area (TPSA) is 51.5 Å². The van der Waals surface area contributed by atoms with Gasteiger partial charge in [0.05, 0.1) is 18.4 Å². The van der Waals surface area contributed by atoms with Crippen molar-refractivity contribution in [2.45, 2.75) is 26.6 Å². The normalized spacial score (nSPS) is 10.8. The van der Waals surface area contributed by atoms with Crippen LogP contribution in [-0.2, 0) is 13.7 Å². The first kappa shape index (κ1) is 14.3. The molecule has 0 aliphatic rings. The average Bonchev–Trinajstić information content (AvgIpc) is 2.42. The molecule has 0 bridgehead atoms. The zero-order chi connectivity index (χ0) is 14.7. The Morgan fingerprint density at radius 2 is 1.90 bits per heavy atom. The molecule has 4 heteroatoms. The van der Waals surface area contributed by atoms with Gasteiger partial charge in [0, 0.05) is 18.2 Å². The van der Waals surface area contributed by atoms with E-state index >= 15 is 0 Å². The van der Waals surface area contributed by atoms with Crippen LogP contribution < -0.4 is 10.3 Å². The number of hydrogen-bond acceptors (Lipinski definition) is 3. The van der Waals surface area contributed by atoms with Gasteiger partial charge in [-0.25, -0.2) is 0 Å². The Morgan fingerprint density at radius 1 is 1.20 bits per heavy atom. The Labute approximate surface area is 118 Å². The van der Waals surface area contributed by atoms with Gasteiger partial charge in [-0.15, -0.1) is 0 Å². The zero-order valence-corrected chi connectivity index (χ0v) is 12.0. The van der Waals surface area contributed by atoms with E-state index in [1.807, 2.05) is 44.2 Å². The van der Waals surface area contributed by atoms with Crippen molar-refractivity contribution >= 4 is 0 Å². The molecule has 0 saturated heterocycles. The molecule has 0 unspecified atom stereocenters. The summed E-state index contributed by atoms with van der Waals surface area (Å²) in [5.74, 6) is 0.745. The summed E-state index contributed by atoms with van der Waals surface area (Å²) in [4.78, 5) is 12.1. The second-order valence-corrected chi connectivity index (χ2v) is 4.93. The van der Waals surface area contributed by atoms with Gasteiger partial charge in [0.2, 0.25) is 0 Å².